The summed E-state index contributed by atoms with van der Waals surface area (Å²) in [4.78, 5) is 0. The van der Waals surface area contributed by atoms with Crippen LogP contribution in [0.2, 0.25) is 0 Å². The number of ether oxygens (including phenoxy) is 3. The summed E-state index contributed by atoms with van der Waals surface area (Å²) in [5.41, 5.74) is 1.15. The van der Waals surface area contributed by atoms with Crippen molar-refractivity contribution in [2.24, 2.45) is 0 Å². The highest BCUT2D eigenvalue weighted by Gasteiger charge is 2.23. The number of hydrogen-bond donors (Lipinski definition) is 0. The Morgan fingerprint density at radius 3 is 2.94 bits per heavy atom. The molecule has 1 atom stereocenters. The van der Waals surface area contributed by atoms with Gasteiger partial charge in [0.2, 0.25) is 0 Å². The number of epoxide rings is 1. The van der Waals surface area contributed by atoms with Crippen LogP contribution < -0.4 is 9.47 Å². The van der Waals surface area contributed by atoms with Gasteiger partial charge in [0.15, 0.2) is 11.5 Å². The third-order valence-electron chi connectivity index (χ3n) is 2.28. The van der Waals surface area contributed by atoms with Gasteiger partial charge in [-0.25, -0.2) is 0 Å². The van der Waals surface area contributed by atoms with Crippen LogP contribution in [0.3, 0.4) is 0 Å². The topological polar surface area (TPSA) is 31.0 Å². The smallest absolute Gasteiger partial charge is 0.161 e. The van der Waals surface area contributed by atoms with Crippen LogP contribution in [-0.4, -0.2) is 25.9 Å². The van der Waals surface area contributed by atoms with Crippen molar-refractivity contribution in [3.63, 3.8) is 0 Å². The lowest BCUT2D eigenvalue weighted by molar-refractivity contribution is 0.248. The number of aryl methyl sites for hydroxylation is 1. The third kappa shape index (κ3) is 3.00. The van der Waals surface area contributed by atoms with Crippen LogP contribution in [0.4, 0.5) is 0 Å². The lowest BCUT2D eigenvalue weighted by Crippen LogP contribution is -2.06. The van der Waals surface area contributed by atoms with E-state index in [2.05, 4.69) is 6.58 Å². The van der Waals surface area contributed by atoms with E-state index in [9.17, 15) is 0 Å². The van der Waals surface area contributed by atoms with E-state index in [1.165, 1.54) is 0 Å². The van der Waals surface area contributed by atoms with Gasteiger partial charge < -0.3 is 14.2 Å². The van der Waals surface area contributed by atoms with Crippen molar-refractivity contribution in [3.8, 4) is 11.5 Å². The van der Waals surface area contributed by atoms with E-state index < -0.39 is 0 Å². The van der Waals surface area contributed by atoms with Crippen molar-refractivity contribution >= 4 is 0 Å². The molecule has 1 fully saturated rings. The Labute approximate surface area is 95.6 Å². The predicted octanol–water partition coefficient (Wildman–Crippen LogP) is 2.34. The molecular weight excluding hydrogens is 204 g/mol. The van der Waals surface area contributed by atoms with Crippen molar-refractivity contribution < 1.29 is 14.2 Å². The van der Waals surface area contributed by atoms with Gasteiger partial charge in [0, 0.05) is 0 Å². The van der Waals surface area contributed by atoms with Crippen LogP contribution in [0.1, 0.15) is 5.56 Å². The number of hydrogen-bond acceptors (Lipinski definition) is 3. The summed E-state index contributed by atoms with van der Waals surface area (Å²) in [7, 11) is 0. The Hall–Kier alpha value is -1.48. The summed E-state index contributed by atoms with van der Waals surface area (Å²) in [6.45, 7) is 7.53. The first kappa shape index (κ1) is 11.0. The molecule has 3 nitrogen and oxygen atoms in total. The normalized spacial score (nSPS) is 17.9. The van der Waals surface area contributed by atoms with Crippen molar-refractivity contribution in [1.29, 1.82) is 0 Å². The first-order valence-corrected chi connectivity index (χ1v) is 5.38. The molecule has 2 rings (SSSR count). The summed E-state index contributed by atoms with van der Waals surface area (Å²) >= 11 is 0. The molecule has 3 heteroatoms. The lowest BCUT2D eigenvalue weighted by atomic mass is 10.2. The maximum atomic E-state index is 5.63. The maximum Gasteiger partial charge on any atom is 0.161 e. The molecule has 86 valence electrons. The fourth-order valence-corrected chi connectivity index (χ4v) is 1.34. The second kappa shape index (κ2) is 5.03. The second-order valence-electron chi connectivity index (χ2n) is 3.82. The molecule has 1 aromatic rings. The molecule has 1 aromatic carbocycles. The van der Waals surface area contributed by atoms with Crippen LogP contribution in [-0.2, 0) is 4.74 Å². The molecule has 0 amide bonds. The quantitative estimate of drug-likeness (QED) is 0.544. The fraction of sp³-hybridized carbons (Fsp3) is 0.385. The van der Waals surface area contributed by atoms with Crippen molar-refractivity contribution in [2.45, 2.75) is 13.0 Å². The molecule has 0 saturated carbocycles. The van der Waals surface area contributed by atoms with Crippen molar-refractivity contribution in [2.75, 3.05) is 19.8 Å². The third-order valence-corrected chi connectivity index (χ3v) is 2.28. The van der Waals surface area contributed by atoms with Gasteiger partial charge in [-0.2, -0.15) is 0 Å². The van der Waals surface area contributed by atoms with Gasteiger partial charge in [-0.05, 0) is 24.6 Å². The van der Waals surface area contributed by atoms with Crippen LogP contribution >= 0.6 is 0 Å². The highest BCUT2D eigenvalue weighted by Crippen LogP contribution is 2.29. The summed E-state index contributed by atoms with van der Waals surface area (Å²) in [6.07, 6.45) is 1.98. The van der Waals surface area contributed by atoms with Gasteiger partial charge in [-0.3, -0.25) is 0 Å². The molecule has 0 N–H and O–H groups in total. The standard InChI is InChI=1S/C13H16O3/c1-3-6-14-13-7-10(2)4-5-12(13)16-9-11-8-15-11/h3-5,7,11H,1,6,8-9H2,2H3. The van der Waals surface area contributed by atoms with Gasteiger partial charge in [-0.1, -0.05) is 18.7 Å². The van der Waals surface area contributed by atoms with Gasteiger partial charge >= 0.3 is 0 Å². The molecule has 1 saturated heterocycles. The number of benzene rings is 1. The second-order valence-corrected chi connectivity index (χ2v) is 3.82. The van der Waals surface area contributed by atoms with Crippen LogP contribution in [0.15, 0.2) is 30.9 Å². The fourth-order valence-electron chi connectivity index (χ4n) is 1.34. The Morgan fingerprint density at radius 1 is 1.44 bits per heavy atom. The minimum Gasteiger partial charge on any atom is -0.487 e. The molecule has 1 aliphatic heterocycles. The van der Waals surface area contributed by atoms with Gasteiger partial charge in [-0.15, -0.1) is 0 Å². The Balaban J connectivity index is 2.03. The molecule has 1 aliphatic rings. The molecule has 0 aliphatic carbocycles. The molecule has 0 aromatic heterocycles. The average molecular weight is 220 g/mol. The summed E-state index contributed by atoms with van der Waals surface area (Å²) in [5, 5.41) is 0. The van der Waals surface area contributed by atoms with E-state index in [0.29, 0.717) is 13.2 Å². The molecule has 0 spiro atoms. The summed E-state index contributed by atoms with van der Waals surface area (Å²) in [5.74, 6) is 1.53. The molecular formula is C13H16O3. The van der Waals surface area contributed by atoms with Crippen LogP contribution in [0.5, 0.6) is 11.5 Å². The van der Waals surface area contributed by atoms with Crippen molar-refractivity contribution in [3.05, 3.63) is 36.4 Å². The number of rotatable bonds is 6. The Bertz CT molecular complexity index is 369. The monoisotopic (exact) mass is 220 g/mol. The largest absolute Gasteiger partial charge is 0.487 e. The SMILES string of the molecule is C=CCOc1cc(C)ccc1OCC1CO1. The minimum atomic E-state index is 0.258. The van der Waals surface area contributed by atoms with E-state index in [0.717, 1.165) is 23.7 Å². The Morgan fingerprint density at radius 2 is 2.25 bits per heavy atom. The van der Waals surface area contributed by atoms with Gasteiger partial charge in [0.1, 0.15) is 19.3 Å². The van der Waals surface area contributed by atoms with E-state index in [-0.39, 0.29) is 6.10 Å². The molecule has 0 radical (unpaired) electrons. The summed E-state index contributed by atoms with van der Waals surface area (Å²) in [6, 6.07) is 5.90. The van der Waals surface area contributed by atoms with E-state index in [1.807, 2.05) is 25.1 Å². The predicted molar refractivity (Wildman–Crippen MR) is 62.1 cm³/mol. The zero-order valence-corrected chi connectivity index (χ0v) is 9.44. The first-order valence-electron chi connectivity index (χ1n) is 5.38. The Kier molecular flexibility index (Phi) is 3.47. The molecule has 1 heterocycles. The highest BCUT2D eigenvalue weighted by molar-refractivity contribution is 5.42. The lowest BCUT2D eigenvalue weighted by Gasteiger charge is -2.11. The molecule has 16 heavy (non-hydrogen) atoms. The van der Waals surface area contributed by atoms with E-state index in [4.69, 9.17) is 14.2 Å². The van der Waals surface area contributed by atoms with Gasteiger partial charge in [0.25, 0.3) is 0 Å². The minimum absolute atomic E-state index is 0.258. The van der Waals surface area contributed by atoms with E-state index in [1.54, 1.807) is 6.08 Å². The highest BCUT2D eigenvalue weighted by atomic mass is 16.6. The zero-order valence-electron chi connectivity index (χ0n) is 9.44. The average Bonchev–Trinajstić information content (AvgIpc) is 3.09. The molecule has 0 bridgehead atoms. The maximum absolute atomic E-state index is 5.63. The van der Waals surface area contributed by atoms with E-state index >= 15 is 0 Å². The van der Waals surface area contributed by atoms with Crippen molar-refractivity contribution in [1.82, 2.24) is 0 Å². The zero-order chi connectivity index (χ0) is 11.4. The first-order chi connectivity index (χ1) is 7.79. The van der Waals surface area contributed by atoms with Gasteiger partial charge in [0.05, 0.1) is 6.61 Å². The van der Waals surface area contributed by atoms with Crippen LogP contribution in [0.25, 0.3) is 0 Å². The molecule has 1 unspecified atom stereocenters. The summed E-state index contributed by atoms with van der Waals surface area (Å²) < 4.78 is 16.3. The van der Waals surface area contributed by atoms with Crippen LogP contribution in [0, 0.1) is 6.92 Å².